The molecule has 0 radical (unpaired) electrons. The Kier molecular flexibility index (Phi) is 7.84. The molecule has 0 unspecified atom stereocenters. The molecule has 0 saturated carbocycles. The van der Waals surface area contributed by atoms with Crippen LogP contribution in [0.4, 0.5) is 0 Å². The van der Waals surface area contributed by atoms with Crippen molar-refractivity contribution in [1.29, 1.82) is 0 Å². The monoisotopic (exact) mass is 396 g/mol. The van der Waals surface area contributed by atoms with E-state index in [1.54, 1.807) is 36.4 Å². The molecule has 0 aliphatic rings. The maximum atomic E-state index is 12.8. The number of hydrogen-bond donors (Lipinski definition) is 2. The summed E-state index contributed by atoms with van der Waals surface area (Å²) in [5, 5.41) is 7.97. The first-order valence-corrected chi connectivity index (χ1v) is 9.48. The maximum Gasteiger partial charge on any atom is 0.206 e. The predicted molar refractivity (Wildman–Crippen MR) is 108 cm³/mol. The van der Waals surface area contributed by atoms with Gasteiger partial charge in [0, 0.05) is 30.8 Å². The summed E-state index contributed by atoms with van der Waals surface area (Å²) >= 11 is 0. The van der Waals surface area contributed by atoms with E-state index < -0.39 is 9.84 Å². The number of aliphatic hydroxyl groups is 1. The van der Waals surface area contributed by atoms with Gasteiger partial charge in [0.15, 0.2) is 0 Å². The average molecular weight is 397 g/mol. The molecule has 3 rings (SSSR count). The maximum absolute atomic E-state index is 12.8. The van der Waals surface area contributed by atoms with Crippen LogP contribution < -0.4 is 5.73 Å². The van der Waals surface area contributed by atoms with E-state index in [4.69, 9.17) is 10.8 Å². The molecule has 1 aromatic heterocycles. The summed E-state index contributed by atoms with van der Waals surface area (Å²) in [5.74, 6) is 0. The van der Waals surface area contributed by atoms with Crippen LogP contribution in [0.3, 0.4) is 0 Å². The highest BCUT2D eigenvalue weighted by Gasteiger charge is 2.20. The van der Waals surface area contributed by atoms with Crippen molar-refractivity contribution < 1.29 is 13.5 Å². The standard InChI is InChI=1S/C18H20N2O2S.CH4O.ClH/c1-13-16(10-11-19)17-12-15(8-9-18(17)20(13)2)23(21,22)14-6-4-3-5-7-14;1-2;/h3-9,12H,10-11,19H2,1-2H3;2H,1H3;1H. The summed E-state index contributed by atoms with van der Waals surface area (Å²) in [6.07, 6.45) is 0.734. The van der Waals surface area contributed by atoms with E-state index >= 15 is 0 Å². The van der Waals surface area contributed by atoms with Crippen LogP contribution in [-0.4, -0.2) is 31.7 Å². The number of hydrogen-bond acceptors (Lipinski definition) is 4. The fraction of sp³-hybridized carbons (Fsp3) is 0.263. The number of rotatable bonds is 4. The van der Waals surface area contributed by atoms with Crippen LogP contribution in [0, 0.1) is 6.92 Å². The lowest BCUT2D eigenvalue weighted by Crippen LogP contribution is -2.04. The van der Waals surface area contributed by atoms with E-state index in [2.05, 4.69) is 4.57 Å². The van der Waals surface area contributed by atoms with Crippen molar-refractivity contribution >= 4 is 33.1 Å². The van der Waals surface area contributed by atoms with Gasteiger partial charge in [-0.3, -0.25) is 0 Å². The third-order valence-corrected chi connectivity index (χ3v) is 6.12. The summed E-state index contributed by atoms with van der Waals surface area (Å²) in [6.45, 7) is 2.58. The summed E-state index contributed by atoms with van der Waals surface area (Å²) in [7, 11) is -0.517. The third kappa shape index (κ3) is 3.94. The molecule has 0 atom stereocenters. The van der Waals surface area contributed by atoms with Gasteiger partial charge in [0.2, 0.25) is 9.84 Å². The molecule has 0 amide bonds. The van der Waals surface area contributed by atoms with Crippen LogP contribution in [-0.2, 0) is 23.3 Å². The van der Waals surface area contributed by atoms with Gasteiger partial charge < -0.3 is 15.4 Å². The molecular weight excluding hydrogens is 372 g/mol. The first-order valence-electron chi connectivity index (χ1n) is 7.99. The lowest BCUT2D eigenvalue weighted by molar-refractivity contribution is 0.399. The summed E-state index contributed by atoms with van der Waals surface area (Å²) < 4.78 is 27.7. The average Bonchev–Trinajstić information content (AvgIpc) is 2.89. The highest BCUT2D eigenvalue weighted by Crippen LogP contribution is 2.30. The molecule has 26 heavy (non-hydrogen) atoms. The number of aryl methyl sites for hydroxylation is 1. The van der Waals surface area contributed by atoms with Gasteiger partial charge in [0.05, 0.1) is 9.79 Å². The van der Waals surface area contributed by atoms with Gasteiger partial charge in [-0.15, -0.1) is 12.4 Å². The second-order valence-corrected chi connectivity index (χ2v) is 7.61. The van der Waals surface area contributed by atoms with E-state index in [9.17, 15) is 8.42 Å². The van der Waals surface area contributed by atoms with Crippen molar-refractivity contribution in [2.75, 3.05) is 13.7 Å². The van der Waals surface area contributed by atoms with E-state index in [1.807, 2.05) is 26.1 Å². The Morgan fingerprint density at radius 2 is 1.65 bits per heavy atom. The van der Waals surface area contributed by atoms with Crippen LogP contribution in [0.15, 0.2) is 58.3 Å². The number of aromatic nitrogens is 1. The molecule has 1 heterocycles. The number of nitrogens with two attached hydrogens (primary N) is 1. The predicted octanol–water partition coefficient (Wildman–Crippen LogP) is 2.85. The van der Waals surface area contributed by atoms with Crippen molar-refractivity contribution in [3.8, 4) is 0 Å². The molecule has 0 bridgehead atoms. The lowest BCUT2D eigenvalue weighted by Gasteiger charge is -2.06. The largest absolute Gasteiger partial charge is 0.400 e. The molecule has 0 fully saturated rings. The molecule has 142 valence electrons. The Hall–Kier alpha value is -1.86. The van der Waals surface area contributed by atoms with E-state index in [1.165, 1.54) is 0 Å². The molecule has 0 aliphatic heterocycles. The van der Waals surface area contributed by atoms with Crippen molar-refractivity contribution in [3.63, 3.8) is 0 Å². The van der Waals surface area contributed by atoms with Crippen LogP contribution in [0.5, 0.6) is 0 Å². The second kappa shape index (κ2) is 9.19. The molecular formula is C19H25ClN2O3S. The minimum absolute atomic E-state index is 0. The van der Waals surface area contributed by atoms with Gasteiger partial charge >= 0.3 is 0 Å². The number of sulfone groups is 1. The van der Waals surface area contributed by atoms with Gasteiger partial charge in [-0.1, -0.05) is 18.2 Å². The van der Waals surface area contributed by atoms with Gasteiger partial charge in [0.1, 0.15) is 0 Å². The number of aliphatic hydroxyl groups excluding tert-OH is 1. The molecule has 0 aliphatic carbocycles. The second-order valence-electron chi connectivity index (χ2n) is 5.66. The fourth-order valence-electron chi connectivity index (χ4n) is 2.99. The molecule has 0 spiro atoms. The first kappa shape index (κ1) is 22.2. The Labute approximate surface area is 160 Å². The van der Waals surface area contributed by atoms with Gasteiger partial charge in [-0.05, 0) is 55.8 Å². The summed E-state index contributed by atoms with van der Waals surface area (Å²) in [5.41, 5.74) is 8.99. The van der Waals surface area contributed by atoms with Gasteiger partial charge in [-0.25, -0.2) is 8.42 Å². The topological polar surface area (TPSA) is 85.3 Å². The Morgan fingerprint density at radius 3 is 2.23 bits per heavy atom. The number of benzene rings is 2. The lowest BCUT2D eigenvalue weighted by atomic mass is 10.1. The molecule has 2 aromatic carbocycles. The molecule has 7 heteroatoms. The van der Waals surface area contributed by atoms with Gasteiger partial charge in [-0.2, -0.15) is 0 Å². The highest BCUT2D eigenvalue weighted by atomic mass is 35.5. The molecule has 3 aromatic rings. The van der Waals surface area contributed by atoms with E-state index in [0.29, 0.717) is 16.3 Å². The van der Waals surface area contributed by atoms with E-state index in [0.717, 1.165) is 35.7 Å². The minimum Gasteiger partial charge on any atom is -0.400 e. The Bertz CT molecular complexity index is 967. The summed E-state index contributed by atoms with van der Waals surface area (Å²) in [6, 6.07) is 13.8. The quantitative estimate of drug-likeness (QED) is 0.710. The van der Waals surface area contributed by atoms with Crippen molar-refractivity contribution in [2.45, 2.75) is 23.1 Å². The zero-order valence-electron chi connectivity index (χ0n) is 15.1. The number of nitrogens with zero attached hydrogens (tertiary/aromatic N) is 1. The minimum atomic E-state index is -3.51. The van der Waals surface area contributed by atoms with E-state index in [-0.39, 0.29) is 12.4 Å². The normalized spacial score (nSPS) is 10.8. The van der Waals surface area contributed by atoms with Gasteiger partial charge in [0.25, 0.3) is 0 Å². The summed E-state index contributed by atoms with van der Waals surface area (Å²) in [4.78, 5) is 0.632. The molecule has 0 saturated heterocycles. The molecule has 3 N–H and O–H groups in total. The fourth-order valence-corrected chi connectivity index (χ4v) is 4.30. The number of halogens is 1. The highest BCUT2D eigenvalue weighted by molar-refractivity contribution is 7.91. The van der Waals surface area contributed by atoms with Crippen LogP contribution in [0.25, 0.3) is 10.9 Å². The van der Waals surface area contributed by atoms with Crippen LogP contribution >= 0.6 is 12.4 Å². The van der Waals surface area contributed by atoms with Crippen molar-refractivity contribution in [3.05, 3.63) is 59.8 Å². The zero-order valence-corrected chi connectivity index (χ0v) is 16.8. The van der Waals surface area contributed by atoms with Crippen molar-refractivity contribution in [1.82, 2.24) is 4.57 Å². The zero-order chi connectivity index (χ0) is 18.6. The Balaban J connectivity index is 0.00000109. The van der Waals surface area contributed by atoms with Crippen LogP contribution in [0.2, 0.25) is 0 Å². The van der Waals surface area contributed by atoms with Crippen molar-refractivity contribution in [2.24, 2.45) is 12.8 Å². The van der Waals surface area contributed by atoms with Crippen LogP contribution in [0.1, 0.15) is 11.3 Å². The smallest absolute Gasteiger partial charge is 0.206 e. The first-order chi connectivity index (χ1) is 12.0. The number of fused-ring (bicyclic) bond motifs is 1. The molecule has 5 nitrogen and oxygen atoms in total. The SMILES string of the molecule is CO.Cc1c(CCN)c2cc(S(=O)(=O)c3ccccc3)ccc2n1C.Cl. The third-order valence-electron chi connectivity index (χ3n) is 4.35. The Morgan fingerprint density at radius 1 is 1.04 bits per heavy atom.